The molecule has 4 rings (SSSR count). The van der Waals surface area contributed by atoms with Gasteiger partial charge in [0.1, 0.15) is 19.0 Å². The van der Waals surface area contributed by atoms with Crippen molar-refractivity contribution in [1.82, 2.24) is 4.90 Å². The highest BCUT2D eigenvalue weighted by atomic mass is 79.9. The maximum atomic E-state index is 13.4. The monoisotopic (exact) mass is 628 g/mol. The Kier molecular flexibility index (Phi) is 9.22. The number of anilines is 1. The molecule has 12 heteroatoms. The number of rotatable bonds is 10. The van der Waals surface area contributed by atoms with E-state index < -0.39 is 35.4 Å². The molecule has 206 valence electrons. The number of carbonyl (C=O) groups is 4. The van der Waals surface area contributed by atoms with Crippen LogP contribution in [0.3, 0.4) is 0 Å². The van der Waals surface area contributed by atoms with Gasteiger partial charge in [-0.2, -0.15) is 0 Å². The summed E-state index contributed by atoms with van der Waals surface area (Å²) in [5.74, 6) is -2.12. The van der Waals surface area contributed by atoms with Gasteiger partial charge in [-0.25, -0.2) is 9.18 Å². The standard InChI is InChI=1S/C28H22BrFN2O7S/c1-2-38-22-11-17(10-21(29)25(22)39-15-16-5-3-6-18(9-16)27(35)36)12-23-26(34)32(28(37)40-23)14-24(33)31-20-8-4-7-19(30)13-20/h3-13H,2,14-15H2,1H3,(H,31,33)(H,35,36)/b23-12+. The van der Waals surface area contributed by atoms with E-state index in [2.05, 4.69) is 21.2 Å². The lowest BCUT2D eigenvalue weighted by Crippen LogP contribution is -2.36. The van der Waals surface area contributed by atoms with Gasteiger partial charge in [-0.15, -0.1) is 0 Å². The van der Waals surface area contributed by atoms with Crippen molar-refractivity contribution < 1.29 is 38.1 Å². The number of aromatic carboxylic acids is 1. The Hall–Kier alpha value is -4.16. The zero-order chi connectivity index (χ0) is 28.8. The Morgan fingerprint density at radius 1 is 1.10 bits per heavy atom. The smallest absolute Gasteiger partial charge is 0.335 e. The average Bonchev–Trinajstić information content (AvgIpc) is 3.15. The molecule has 0 atom stereocenters. The number of amides is 3. The van der Waals surface area contributed by atoms with E-state index >= 15 is 0 Å². The fraction of sp³-hybridized carbons (Fsp3) is 0.143. The van der Waals surface area contributed by atoms with E-state index in [-0.39, 0.29) is 22.8 Å². The van der Waals surface area contributed by atoms with E-state index in [0.29, 0.717) is 45.5 Å². The average molecular weight is 629 g/mol. The quantitative estimate of drug-likeness (QED) is 0.265. The molecule has 3 amide bonds. The first-order chi connectivity index (χ1) is 19.1. The first-order valence-electron chi connectivity index (χ1n) is 11.9. The van der Waals surface area contributed by atoms with E-state index in [1.165, 1.54) is 36.4 Å². The zero-order valence-electron chi connectivity index (χ0n) is 21.0. The summed E-state index contributed by atoms with van der Waals surface area (Å²) in [5.41, 5.74) is 1.53. The third-order valence-electron chi connectivity index (χ3n) is 5.47. The van der Waals surface area contributed by atoms with Gasteiger partial charge in [-0.05, 0) is 94.3 Å². The highest BCUT2D eigenvalue weighted by molar-refractivity contribution is 9.10. The highest BCUT2D eigenvalue weighted by Crippen LogP contribution is 2.39. The van der Waals surface area contributed by atoms with Gasteiger partial charge < -0.3 is 19.9 Å². The van der Waals surface area contributed by atoms with E-state index in [4.69, 9.17) is 9.47 Å². The topological polar surface area (TPSA) is 122 Å². The van der Waals surface area contributed by atoms with Crippen LogP contribution in [0.1, 0.15) is 28.4 Å². The van der Waals surface area contributed by atoms with Crippen molar-refractivity contribution in [2.45, 2.75) is 13.5 Å². The molecule has 40 heavy (non-hydrogen) atoms. The summed E-state index contributed by atoms with van der Waals surface area (Å²) >= 11 is 4.15. The molecule has 1 fully saturated rings. The van der Waals surface area contributed by atoms with Gasteiger partial charge in [0.05, 0.1) is 21.5 Å². The minimum atomic E-state index is -1.04. The summed E-state index contributed by atoms with van der Waals surface area (Å²) in [7, 11) is 0. The van der Waals surface area contributed by atoms with Crippen molar-refractivity contribution in [2.24, 2.45) is 0 Å². The minimum Gasteiger partial charge on any atom is -0.490 e. The number of carboxylic acids is 1. The summed E-state index contributed by atoms with van der Waals surface area (Å²) < 4.78 is 25.6. The number of ether oxygens (including phenoxy) is 2. The molecular formula is C28H22BrFN2O7S. The molecular weight excluding hydrogens is 607 g/mol. The van der Waals surface area contributed by atoms with Crippen LogP contribution in [0.5, 0.6) is 11.5 Å². The van der Waals surface area contributed by atoms with Gasteiger partial charge in [0.15, 0.2) is 11.5 Å². The zero-order valence-corrected chi connectivity index (χ0v) is 23.4. The lowest BCUT2D eigenvalue weighted by molar-refractivity contribution is -0.127. The van der Waals surface area contributed by atoms with Crippen molar-refractivity contribution >= 4 is 62.5 Å². The van der Waals surface area contributed by atoms with Crippen molar-refractivity contribution in [2.75, 3.05) is 18.5 Å². The van der Waals surface area contributed by atoms with E-state index in [1.807, 2.05) is 0 Å². The van der Waals surface area contributed by atoms with Crippen LogP contribution in [0, 0.1) is 5.82 Å². The van der Waals surface area contributed by atoms with Gasteiger partial charge in [-0.1, -0.05) is 18.2 Å². The lowest BCUT2D eigenvalue weighted by Gasteiger charge is -2.15. The van der Waals surface area contributed by atoms with E-state index in [9.17, 15) is 28.7 Å². The Labute approximate surface area is 241 Å². The van der Waals surface area contributed by atoms with Gasteiger partial charge in [0.2, 0.25) is 5.91 Å². The number of nitrogens with one attached hydrogen (secondary N) is 1. The van der Waals surface area contributed by atoms with Crippen LogP contribution in [0.25, 0.3) is 6.08 Å². The first-order valence-corrected chi connectivity index (χ1v) is 13.5. The third kappa shape index (κ3) is 7.07. The molecule has 9 nitrogen and oxygen atoms in total. The van der Waals surface area contributed by atoms with Crippen LogP contribution in [0.15, 0.2) is 70.0 Å². The Balaban J connectivity index is 1.49. The van der Waals surface area contributed by atoms with Gasteiger partial charge >= 0.3 is 5.97 Å². The number of hydrogen-bond acceptors (Lipinski definition) is 7. The molecule has 1 heterocycles. The Morgan fingerprint density at radius 3 is 2.60 bits per heavy atom. The van der Waals surface area contributed by atoms with Crippen molar-refractivity contribution in [3.63, 3.8) is 0 Å². The molecule has 0 aliphatic carbocycles. The van der Waals surface area contributed by atoms with E-state index in [0.717, 1.165) is 11.0 Å². The third-order valence-corrected chi connectivity index (χ3v) is 6.97. The lowest BCUT2D eigenvalue weighted by atomic mass is 10.1. The Bertz CT molecular complexity index is 1530. The largest absolute Gasteiger partial charge is 0.490 e. The van der Waals surface area contributed by atoms with Crippen LogP contribution < -0.4 is 14.8 Å². The molecule has 1 saturated heterocycles. The van der Waals surface area contributed by atoms with Crippen molar-refractivity contribution in [1.29, 1.82) is 0 Å². The molecule has 3 aromatic carbocycles. The van der Waals surface area contributed by atoms with Crippen LogP contribution in [0.2, 0.25) is 0 Å². The molecule has 2 N–H and O–H groups in total. The summed E-state index contributed by atoms with van der Waals surface area (Å²) in [4.78, 5) is 50.0. The molecule has 0 bridgehead atoms. The number of benzene rings is 3. The number of imide groups is 1. The predicted molar refractivity (Wildman–Crippen MR) is 151 cm³/mol. The van der Waals surface area contributed by atoms with Gasteiger partial charge in [0, 0.05) is 5.69 Å². The molecule has 0 spiro atoms. The molecule has 1 aliphatic rings. The molecule has 0 aromatic heterocycles. The fourth-order valence-electron chi connectivity index (χ4n) is 3.72. The van der Waals surface area contributed by atoms with Crippen molar-refractivity contribution in [3.8, 4) is 11.5 Å². The molecule has 3 aromatic rings. The summed E-state index contributed by atoms with van der Waals surface area (Å²) in [5, 5.41) is 11.1. The SMILES string of the molecule is CCOc1cc(/C=C2/SC(=O)N(CC(=O)Nc3cccc(F)c3)C2=O)cc(Br)c1OCc1cccc(C(=O)O)c1. The molecule has 0 unspecified atom stereocenters. The maximum absolute atomic E-state index is 13.4. The van der Waals surface area contributed by atoms with Crippen LogP contribution >= 0.6 is 27.7 Å². The van der Waals surface area contributed by atoms with Crippen LogP contribution in [0.4, 0.5) is 14.9 Å². The summed E-state index contributed by atoms with van der Waals surface area (Å²) in [6.07, 6.45) is 1.50. The first kappa shape index (κ1) is 28.8. The van der Waals surface area contributed by atoms with Crippen LogP contribution in [-0.2, 0) is 16.2 Å². The number of carbonyl (C=O) groups excluding carboxylic acids is 3. The van der Waals surface area contributed by atoms with E-state index in [1.54, 1.807) is 31.2 Å². The Morgan fingerprint density at radius 2 is 1.88 bits per heavy atom. The second kappa shape index (κ2) is 12.8. The predicted octanol–water partition coefficient (Wildman–Crippen LogP) is 5.94. The maximum Gasteiger partial charge on any atom is 0.335 e. The van der Waals surface area contributed by atoms with Crippen molar-refractivity contribution in [3.05, 3.63) is 92.5 Å². The number of thioether (sulfide) groups is 1. The summed E-state index contributed by atoms with van der Waals surface area (Å²) in [6, 6.07) is 15.0. The number of carboxylic acid groups (broad SMARTS) is 1. The highest BCUT2D eigenvalue weighted by Gasteiger charge is 2.36. The van der Waals surface area contributed by atoms with Crippen LogP contribution in [-0.4, -0.2) is 46.2 Å². The molecule has 0 saturated carbocycles. The molecule has 1 aliphatic heterocycles. The van der Waals surface area contributed by atoms with Gasteiger partial charge in [0.25, 0.3) is 11.1 Å². The molecule has 0 radical (unpaired) electrons. The number of nitrogens with zero attached hydrogens (tertiary/aromatic N) is 1. The normalized spacial score (nSPS) is 14.0. The minimum absolute atomic E-state index is 0.0791. The van der Waals surface area contributed by atoms with Gasteiger partial charge in [-0.3, -0.25) is 19.3 Å². The number of hydrogen-bond donors (Lipinski definition) is 2. The second-order valence-corrected chi connectivity index (χ2v) is 10.2. The number of halogens is 2. The summed E-state index contributed by atoms with van der Waals surface area (Å²) in [6.45, 7) is 1.66. The second-order valence-electron chi connectivity index (χ2n) is 8.38. The fourth-order valence-corrected chi connectivity index (χ4v) is 5.13.